The van der Waals surface area contributed by atoms with Crippen LogP contribution in [0, 0.1) is 25.2 Å². The van der Waals surface area contributed by atoms with Crippen molar-refractivity contribution in [2.24, 2.45) is 0 Å². The average molecular weight is 486 g/mol. The summed E-state index contributed by atoms with van der Waals surface area (Å²) in [5, 5.41) is 15.0. The fourth-order valence-electron chi connectivity index (χ4n) is 3.30. The Morgan fingerprint density at radius 1 is 0.944 bits per heavy atom. The first-order valence-corrected chi connectivity index (χ1v) is 11.1. The highest BCUT2D eigenvalue weighted by Gasteiger charge is 2.13. The number of hydrogen-bond donors (Lipinski definition) is 2. The molecule has 0 aliphatic heterocycles. The molecule has 2 amide bonds. The Balaban J connectivity index is 1.67. The molecule has 184 valence electrons. The molecule has 0 aliphatic carbocycles. The number of aryl methyl sites for hydroxylation is 1. The van der Waals surface area contributed by atoms with E-state index in [-0.39, 0.29) is 18.1 Å². The van der Waals surface area contributed by atoms with E-state index in [0.717, 1.165) is 16.8 Å². The van der Waals surface area contributed by atoms with Gasteiger partial charge in [0, 0.05) is 11.4 Å². The van der Waals surface area contributed by atoms with Crippen molar-refractivity contribution in [1.29, 1.82) is 5.26 Å². The van der Waals surface area contributed by atoms with Gasteiger partial charge in [-0.2, -0.15) is 5.26 Å². The van der Waals surface area contributed by atoms with Gasteiger partial charge in [-0.3, -0.25) is 9.59 Å². The molecule has 8 heteroatoms. The van der Waals surface area contributed by atoms with E-state index in [1.165, 1.54) is 13.2 Å². The van der Waals surface area contributed by atoms with Gasteiger partial charge in [0.25, 0.3) is 11.8 Å². The molecule has 2 N–H and O–H groups in total. The predicted octanol–water partition coefficient (Wildman–Crippen LogP) is 4.88. The number of ether oxygens (including phenoxy) is 3. The highest BCUT2D eigenvalue weighted by molar-refractivity contribution is 6.09. The summed E-state index contributed by atoms with van der Waals surface area (Å²) in [5.41, 5.74) is 3.79. The molecule has 0 aliphatic rings. The van der Waals surface area contributed by atoms with Gasteiger partial charge in [0.1, 0.15) is 17.4 Å². The van der Waals surface area contributed by atoms with Crippen molar-refractivity contribution >= 4 is 29.3 Å². The van der Waals surface area contributed by atoms with Crippen molar-refractivity contribution < 1.29 is 23.8 Å². The summed E-state index contributed by atoms with van der Waals surface area (Å²) in [6.45, 7) is 3.70. The Labute approximate surface area is 210 Å². The molecule has 0 saturated carbocycles. The number of hydrogen-bond acceptors (Lipinski definition) is 6. The number of carbonyl (C=O) groups is 2. The van der Waals surface area contributed by atoms with Crippen LogP contribution in [0.25, 0.3) is 6.08 Å². The third-order valence-electron chi connectivity index (χ3n) is 5.45. The first-order valence-electron chi connectivity index (χ1n) is 11.1. The zero-order chi connectivity index (χ0) is 26.1. The lowest BCUT2D eigenvalue weighted by Crippen LogP contribution is -2.21. The molecule has 0 spiro atoms. The Hall–Kier alpha value is -4.77. The number of carbonyl (C=O) groups excluding carboxylic acids is 2. The fourth-order valence-corrected chi connectivity index (χ4v) is 3.30. The second kappa shape index (κ2) is 12.1. The van der Waals surface area contributed by atoms with Crippen LogP contribution in [-0.2, 0) is 9.59 Å². The number of nitrogens with one attached hydrogen (secondary N) is 2. The largest absolute Gasteiger partial charge is 0.497 e. The van der Waals surface area contributed by atoms with Crippen molar-refractivity contribution in [2.75, 3.05) is 31.5 Å². The van der Waals surface area contributed by atoms with Crippen LogP contribution in [0.15, 0.2) is 66.2 Å². The molecule has 3 aromatic rings. The van der Waals surface area contributed by atoms with Crippen molar-refractivity contribution in [3.05, 3.63) is 82.9 Å². The molecule has 0 heterocycles. The van der Waals surface area contributed by atoms with Gasteiger partial charge < -0.3 is 24.8 Å². The minimum Gasteiger partial charge on any atom is -0.497 e. The molecule has 0 atom stereocenters. The van der Waals surface area contributed by atoms with Gasteiger partial charge in [-0.15, -0.1) is 0 Å². The highest BCUT2D eigenvalue weighted by Crippen LogP contribution is 2.29. The number of benzene rings is 3. The van der Waals surface area contributed by atoms with E-state index in [4.69, 9.17) is 14.2 Å². The lowest BCUT2D eigenvalue weighted by atomic mass is 10.1. The van der Waals surface area contributed by atoms with Crippen LogP contribution < -0.4 is 24.8 Å². The monoisotopic (exact) mass is 485 g/mol. The molecule has 3 rings (SSSR count). The lowest BCUT2D eigenvalue weighted by molar-refractivity contribution is -0.118. The molecule has 0 saturated heterocycles. The average Bonchev–Trinajstić information content (AvgIpc) is 2.89. The first kappa shape index (κ1) is 25.8. The Kier molecular flexibility index (Phi) is 8.68. The molecule has 0 unspecified atom stereocenters. The molecular formula is C28H27N3O5. The molecule has 0 aromatic heterocycles. The Morgan fingerprint density at radius 2 is 1.69 bits per heavy atom. The summed E-state index contributed by atoms with van der Waals surface area (Å²) in [5.74, 6) is 0.506. The van der Waals surface area contributed by atoms with Crippen LogP contribution in [-0.4, -0.2) is 32.6 Å². The van der Waals surface area contributed by atoms with E-state index < -0.39 is 5.91 Å². The summed E-state index contributed by atoms with van der Waals surface area (Å²) < 4.78 is 16.1. The second-order valence-electron chi connectivity index (χ2n) is 7.85. The second-order valence-corrected chi connectivity index (χ2v) is 7.85. The number of nitriles is 1. The van der Waals surface area contributed by atoms with E-state index in [0.29, 0.717) is 28.5 Å². The minimum absolute atomic E-state index is 0.0885. The van der Waals surface area contributed by atoms with Gasteiger partial charge in [0.15, 0.2) is 18.1 Å². The van der Waals surface area contributed by atoms with Crippen LogP contribution in [0.2, 0.25) is 0 Å². The molecule has 0 bridgehead atoms. The van der Waals surface area contributed by atoms with Crippen molar-refractivity contribution in [3.8, 4) is 23.3 Å². The van der Waals surface area contributed by atoms with Crippen LogP contribution in [0.4, 0.5) is 11.4 Å². The minimum atomic E-state index is -0.551. The van der Waals surface area contributed by atoms with Crippen LogP contribution in [0.1, 0.15) is 16.7 Å². The summed E-state index contributed by atoms with van der Waals surface area (Å²) >= 11 is 0. The summed E-state index contributed by atoms with van der Waals surface area (Å²) in [6.07, 6.45) is 1.44. The molecular weight excluding hydrogens is 458 g/mol. The topological polar surface area (TPSA) is 110 Å². The van der Waals surface area contributed by atoms with Crippen molar-refractivity contribution in [1.82, 2.24) is 0 Å². The molecule has 3 aromatic carbocycles. The number of amides is 2. The normalized spacial score (nSPS) is 10.7. The van der Waals surface area contributed by atoms with Crippen molar-refractivity contribution in [2.45, 2.75) is 13.8 Å². The summed E-state index contributed by atoms with van der Waals surface area (Å²) in [7, 11) is 3.02. The van der Waals surface area contributed by atoms with Crippen LogP contribution >= 0.6 is 0 Å². The van der Waals surface area contributed by atoms with Crippen LogP contribution in [0.5, 0.6) is 17.2 Å². The highest BCUT2D eigenvalue weighted by atomic mass is 16.5. The Morgan fingerprint density at radius 3 is 2.36 bits per heavy atom. The van der Waals surface area contributed by atoms with Gasteiger partial charge in [-0.1, -0.05) is 18.2 Å². The molecule has 0 radical (unpaired) electrons. The number of rotatable bonds is 9. The van der Waals surface area contributed by atoms with Crippen LogP contribution in [0.3, 0.4) is 0 Å². The summed E-state index contributed by atoms with van der Waals surface area (Å²) in [4.78, 5) is 24.9. The van der Waals surface area contributed by atoms with E-state index in [2.05, 4.69) is 10.6 Å². The molecule has 8 nitrogen and oxygen atoms in total. The lowest BCUT2D eigenvalue weighted by Gasteiger charge is -2.13. The van der Waals surface area contributed by atoms with Gasteiger partial charge in [-0.05, 0) is 79.1 Å². The van der Waals surface area contributed by atoms with E-state index in [9.17, 15) is 14.9 Å². The van der Waals surface area contributed by atoms with Gasteiger partial charge in [-0.25, -0.2) is 0 Å². The quantitative estimate of drug-likeness (QED) is 0.330. The molecule has 36 heavy (non-hydrogen) atoms. The maximum absolute atomic E-state index is 12.6. The summed E-state index contributed by atoms with van der Waals surface area (Å²) in [6, 6.07) is 19.3. The maximum atomic E-state index is 12.6. The number of methoxy groups -OCH3 is 2. The number of anilines is 2. The first-order chi connectivity index (χ1) is 17.3. The zero-order valence-electron chi connectivity index (χ0n) is 20.5. The third-order valence-corrected chi connectivity index (χ3v) is 5.45. The molecule has 0 fully saturated rings. The Bertz CT molecular complexity index is 1320. The SMILES string of the molecule is COc1ccc(NC(=O)/C(C#N)=C\c2ccc(OCC(=O)Nc3cccc(C)c3C)c(OC)c2)cc1. The van der Waals surface area contributed by atoms with Gasteiger partial charge >= 0.3 is 0 Å². The zero-order valence-corrected chi connectivity index (χ0v) is 20.5. The van der Waals surface area contributed by atoms with Gasteiger partial charge in [0.05, 0.1) is 14.2 Å². The predicted molar refractivity (Wildman–Crippen MR) is 138 cm³/mol. The van der Waals surface area contributed by atoms with E-state index >= 15 is 0 Å². The number of nitrogens with zero attached hydrogens (tertiary/aromatic N) is 1. The smallest absolute Gasteiger partial charge is 0.266 e. The van der Waals surface area contributed by atoms with Crippen molar-refractivity contribution in [3.63, 3.8) is 0 Å². The van der Waals surface area contributed by atoms with E-state index in [1.54, 1.807) is 49.6 Å². The van der Waals surface area contributed by atoms with Gasteiger partial charge in [0.2, 0.25) is 0 Å². The van der Waals surface area contributed by atoms with E-state index in [1.807, 2.05) is 38.1 Å². The fraction of sp³-hybridized carbons (Fsp3) is 0.179. The standard InChI is InChI=1S/C28H27N3O5/c1-18-6-5-7-24(19(18)2)31-27(32)17-36-25-13-8-20(15-26(25)35-4)14-21(16-29)28(33)30-22-9-11-23(34-3)12-10-22/h5-15H,17H2,1-4H3,(H,30,33)(H,31,32)/b21-14-. The maximum Gasteiger partial charge on any atom is 0.266 e. The third kappa shape index (κ3) is 6.64.